The average molecular weight is 503 g/mol. The molecule has 2 aliphatic rings. The van der Waals surface area contributed by atoms with Crippen LogP contribution >= 0.6 is 24.0 Å². The van der Waals surface area contributed by atoms with E-state index in [0.717, 1.165) is 25.6 Å². The van der Waals surface area contributed by atoms with Gasteiger partial charge in [-0.05, 0) is 37.9 Å². The fourth-order valence-corrected chi connectivity index (χ4v) is 4.20. The third-order valence-corrected chi connectivity index (χ3v) is 5.99. The van der Waals surface area contributed by atoms with E-state index in [2.05, 4.69) is 43.2 Å². The maximum atomic E-state index is 4.50. The van der Waals surface area contributed by atoms with Gasteiger partial charge in [-0.1, -0.05) is 6.92 Å². The summed E-state index contributed by atoms with van der Waals surface area (Å²) in [5.74, 6) is 1.62. The van der Waals surface area contributed by atoms with E-state index >= 15 is 0 Å². The number of guanidine groups is 1. The summed E-state index contributed by atoms with van der Waals surface area (Å²) in [5.41, 5.74) is 1.35. The molecule has 0 radical (unpaired) electrons. The number of likely N-dealkylation sites (N-methyl/N-ethyl adjacent to an activating group) is 1. The Kier molecular flexibility index (Phi) is 10.0. The Labute approximate surface area is 187 Å². The molecule has 1 aromatic rings. The topological polar surface area (TPSA) is 51.9 Å². The Balaban J connectivity index is 0.00000280. The lowest BCUT2D eigenvalue weighted by molar-refractivity contribution is 0.136. The van der Waals surface area contributed by atoms with Crippen LogP contribution in [0.15, 0.2) is 17.4 Å². The second-order valence-electron chi connectivity index (χ2n) is 7.84. The maximum Gasteiger partial charge on any atom is 0.193 e. The van der Waals surface area contributed by atoms with Crippen LogP contribution in [0.25, 0.3) is 0 Å². The van der Waals surface area contributed by atoms with Crippen molar-refractivity contribution < 1.29 is 0 Å². The average Bonchev–Trinajstić information content (AvgIpc) is 3.34. The molecule has 160 valence electrons. The van der Waals surface area contributed by atoms with Gasteiger partial charge in [0.1, 0.15) is 0 Å². The lowest BCUT2D eigenvalue weighted by atomic mass is 10.0. The predicted molar refractivity (Wildman–Crippen MR) is 127 cm³/mol. The number of hydrogen-bond donors (Lipinski definition) is 1. The minimum atomic E-state index is 0. The molecule has 8 heteroatoms. The number of halogens is 1. The first-order chi connectivity index (χ1) is 13.2. The molecule has 3 heterocycles. The molecule has 3 rings (SSSR count). The van der Waals surface area contributed by atoms with Crippen LogP contribution in [0.3, 0.4) is 0 Å². The summed E-state index contributed by atoms with van der Waals surface area (Å²) in [5, 5.41) is 7.89. The van der Waals surface area contributed by atoms with Crippen LogP contribution in [-0.4, -0.2) is 96.4 Å². The van der Waals surface area contributed by atoms with Gasteiger partial charge in [-0.3, -0.25) is 9.67 Å². The number of likely N-dealkylation sites (tertiary alicyclic amines) is 1. The van der Waals surface area contributed by atoms with Crippen molar-refractivity contribution in [2.45, 2.75) is 32.1 Å². The van der Waals surface area contributed by atoms with Crippen LogP contribution in [0.1, 0.15) is 37.7 Å². The van der Waals surface area contributed by atoms with E-state index < -0.39 is 0 Å². The van der Waals surface area contributed by atoms with Gasteiger partial charge in [-0.2, -0.15) is 5.10 Å². The molecule has 28 heavy (non-hydrogen) atoms. The second-order valence-corrected chi connectivity index (χ2v) is 7.84. The molecule has 2 fully saturated rings. The zero-order valence-electron chi connectivity index (χ0n) is 17.8. The highest BCUT2D eigenvalue weighted by Crippen LogP contribution is 2.26. The van der Waals surface area contributed by atoms with Crippen molar-refractivity contribution >= 4 is 29.9 Å². The number of aromatic nitrogens is 2. The summed E-state index contributed by atoms with van der Waals surface area (Å²) in [6.45, 7) is 12.7. The monoisotopic (exact) mass is 503 g/mol. The SMILES string of the molecule is CCN1CCN(CCCCNC(=NC)N2CCC(c3cnn(C)c3)C2)CC1.I. The first kappa shape index (κ1) is 23.4. The van der Waals surface area contributed by atoms with Crippen LogP contribution in [0, 0.1) is 0 Å². The van der Waals surface area contributed by atoms with Crippen LogP contribution in [0.4, 0.5) is 0 Å². The van der Waals surface area contributed by atoms with Gasteiger partial charge in [-0.15, -0.1) is 24.0 Å². The smallest absolute Gasteiger partial charge is 0.193 e. The van der Waals surface area contributed by atoms with E-state index in [-0.39, 0.29) is 24.0 Å². The van der Waals surface area contributed by atoms with Crippen LogP contribution < -0.4 is 5.32 Å². The molecule has 1 atom stereocenters. The number of nitrogens with one attached hydrogen (secondary N) is 1. The summed E-state index contributed by atoms with van der Waals surface area (Å²) < 4.78 is 1.90. The van der Waals surface area contributed by atoms with Crippen LogP contribution in [-0.2, 0) is 7.05 Å². The largest absolute Gasteiger partial charge is 0.356 e. The summed E-state index contributed by atoms with van der Waals surface area (Å²) in [6, 6.07) is 0. The van der Waals surface area contributed by atoms with Crippen molar-refractivity contribution in [1.29, 1.82) is 0 Å². The van der Waals surface area contributed by atoms with Gasteiger partial charge >= 0.3 is 0 Å². The standard InChI is InChI=1S/C20H37N7.HI/c1-4-25-11-13-26(14-12-25)9-6-5-8-22-20(21-2)27-10-7-18(17-27)19-15-23-24(3)16-19;/h15-16,18H,4-14,17H2,1-3H3,(H,21,22);1H. The number of nitrogens with zero attached hydrogens (tertiary/aromatic N) is 6. The van der Waals surface area contributed by atoms with E-state index in [0.29, 0.717) is 5.92 Å². The molecule has 1 N–H and O–H groups in total. The zero-order chi connectivity index (χ0) is 19.1. The van der Waals surface area contributed by atoms with Crippen molar-refractivity contribution in [2.24, 2.45) is 12.0 Å². The zero-order valence-corrected chi connectivity index (χ0v) is 20.1. The Morgan fingerprint density at radius 2 is 1.93 bits per heavy atom. The first-order valence-electron chi connectivity index (χ1n) is 10.6. The highest BCUT2D eigenvalue weighted by Gasteiger charge is 2.26. The summed E-state index contributed by atoms with van der Waals surface area (Å²) in [4.78, 5) is 12.0. The van der Waals surface area contributed by atoms with Gasteiger partial charge in [0.05, 0.1) is 6.20 Å². The van der Waals surface area contributed by atoms with E-state index in [4.69, 9.17) is 0 Å². The molecule has 2 saturated heterocycles. The number of piperazine rings is 1. The molecular formula is C20H38IN7. The molecule has 1 unspecified atom stereocenters. The van der Waals surface area contributed by atoms with E-state index in [1.807, 2.05) is 25.0 Å². The minimum Gasteiger partial charge on any atom is -0.356 e. The van der Waals surface area contributed by atoms with Gasteiger partial charge in [0.25, 0.3) is 0 Å². The Morgan fingerprint density at radius 1 is 1.18 bits per heavy atom. The fraction of sp³-hybridized carbons (Fsp3) is 0.800. The van der Waals surface area contributed by atoms with Crippen molar-refractivity contribution in [1.82, 2.24) is 29.8 Å². The normalized spacial score (nSPS) is 21.8. The third-order valence-electron chi connectivity index (χ3n) is 5.99. The first-order valence-corrected chi connectivity index (χ1v) is 10.6. The van der Waals surface area contributed by atoms with Crippen molar-refractivity contribution in [2.75, 3.05) is 66.0 Å². The number of aryl methyl sites for hydroxylation is 1. The van der Waals surface area contributed by atoms with Gasteiger partial charge in [-0.25, -0.2) is 0 Å². The molecular weight excluding hydrogens is 465 g/mol. The van der Waals surface area contributed by atoms with E-state index in [1.54, 1.807) is 0 Å². The third kappa shape index (κ3) is 6.59. The maximum absolute atomic E-state index is 4.50. The Morgan fingerprint density at radius 3 is 2.57 bits per heavy atom. The highest BCUT2D eigenvalue weighted by molar-refractivity contribution is 14.0. The van der Waals surface area contributed by atoms with E-state index in [9.17, 15) is 0 Å². The Bertz CT molecular complexity index is 595. The fourth-order valence-electron chi connectivity index (χ4n) is 4.20. The molecule has 0 spiro atoms. The second kappa shape index (κ2) is 12.0. The van der Waals surface area contributed by atoms with Crippen LogP contribution in [0.5, 0.6) is 0 Å². The number of aliphatic imine (C=N–C) groups is 1. The lowest BCUT2D eigenvalue weighted by Crippen LogP contribution is -2.46. The summed E-state index contributed by atoms with van der Waals surface area (Å²) in [7, 11) is 3.88. The number of unbranched alkanes of at least 4 members (excludes halogenated alkanes) is 1. The van der Waals surface area contributed by atoms with Gasteiger partial charge < -0.3 is 20.0 Å². The summed E-state index contributed by atoms with van der Waals surface area (Å²) in [6.07, 6.45) is 7.78. The van der Waals surface area contributed by atoms with Gasteiger partial charge in [0.2, 0.25) is 0 Å². The van der Waals surface area contributed by atoms with Gasteiger partial charge in [0, 0.05) is 72.0 Å². The van der Waals surface area contributed by atoms with Crippen molar-refractivity contribution in [3.63, 3.8) is 0 Å². The summed E-state index contributed by atoms with van der Waals surface area (Å²) >= 11 is 0. The molecule has 0 aromatic carbocycles. The van der Waals surface area contributed by atoms with Gasteiger partial charge in [0.15, 0.2) is 5.96 Å². The minimum absolute atomic E-state index is 0. The predicted octanol–water partition coefficient (Wildman–Crippen LogP) is 1.82. The molecule has 2 aliphatic heterocycles. The molecule has 0 saturated carbocycles. The Hall–Kier alpha value is -0.870. The van der Waals surface area contributed by atoms with Crippen molar-refractivity contribution in [3.8, 4) is 0 Å². The molecule has 7 nitrogen and oxygen atoms in total. The van der Waals surface area contributed by atoms with Crippen LogP contribution in [0.2, 0.25) is 0 Å². The number of rotatable bonds is 7. The molecule has 0 bridgehead atoms. The number of hydrogen-bond acceptors (Lipinski definition) is 4. The molecule has 0 aliphatic carbocycles. The highest BCUT2D eigenvalue weighted by atomic mass is 127. The van der Waals surface area contributed by atoms with Crippen molar-refractivity contribution in [3.05, 3.63) is 18.0 Å². The molecule has 0 amide bonds. The quantitative estimate of drug-likeness (QED) is 0.266. The lowest BCUT2D eigenvalue weighted by Gasteiger charge is -2.34. The molecule has 1 aromatic heterocycles. The van der Waals surface area contributed by atoms with E-state index in [1.165, 1.54) is 64.1 Å².